The van der Waals surface area contributed by atoms with Crippen LogP contribution in [0.4, 0.5) is 0 Å². The Kier molecular flexibility index (Phi) is 2.27. The molecule has 3 aromatic rings. The first-order valence-corrected chi connectivity index (χ1v) is 5.72. The molecule has 16 heavy (non-hydrogen) atoms. The SMILES string of the molecule is c1ccc(-c2ccc(-c3nccs3)o2)nc1. The summed E-state index contributed by atoms with van der Waals surface area (Å²) >= 11 is 1.56. The number of nitrogens with zero attached hydrogens (tertiary/aromatic N) is 2. The van der Waals surface area contributed by atoms with E-state index in [1.54, 1.807) is 23.7 Å². The third-order valence-corrected chi connectivity index (χ3v) is 2.95. The Morgan fingerprint density at radius 2 is 1.88 bits per heavy atom. The Morgan fingerprint density at radius 1 is 0.938 bits per heavy atom. The quantitative estimate of drug-likeness (QED) is 0.674. The third-order valence-electron chi connectivity index (χ3n) is 2.17. The molecule has 4 heteroatoms. The lowest BCUT2D eigenvalue weighted by atomic mass is 10.3. The molecule has 3 rings (SSSR count). The second kappa shape index (κ2) is 3.90. The summed E-state index contributed by atoms with van der Waals surface area (Å²) in [6.07, 6.45) is 3.52. The molecule has 3 heterocycles. The number of hydrogen-bond acceptors (Lipinski definition) is 4. The van der Waals surface area contributed by atoms with Crippen molar-refractivity contribution in [2.75, 3.05) is 0 Å². The fraction of sp³-hybridized carbons (Fsp3) is 0. The van der Waals surface area contributed by atoms with Gasteiger partial charge in [-0.15, -0.1) is 11.3 Å². The second-order valence-corrected chi connectivity index (χ2v) is 4.11. The molecule has 3 aromatic heterocycles. The van der Waals surface area contributed by atoms with Crippen LogP contribution in [-0.4, -0.2) is 9.97 Å². The fourth-order valence-electron chi connectivity index (χ4n) is 1.44. The summed E-state index contributed by atoms with van der Waals surface area (Å²) in [5, 5.41) is 2.82. The molecular formula is C12H8N2OS. The first-order valence-electron chi connectivity index (χ1n) is 4.84. The predicted molar refractivity (Wildman–Crippen MR) is 63.0 cm³/mol. The molecule has 0 spiro atoms. The lowest BCUT2D eigenvalue weighted by Gasteiger charge is -1.93. The summed E-state index contributed by atoms with van der Waals surface area (Å²) in [5.41, 5.74) is 0.838. The normalized spacial score (nSPS) is 10.5. The molecule has 0 saturated carbocycles. The number of pyridine rings is 1. The number of aromatic nitrogens is 2. The van der Waals surface area contributed by atoms with E-state index in [1.807, 2.05) is 35.7 Å². The zero-order chi connectivity index (χ0) is 10.8. The molecule has 0 fully saturated rings. The molecule has 3 nitrogen and oxygen atoms in total. The number of rotatable bonds is 2. The summed E-state index contributed by atoms with van der Waals surface area (Å²) in [4.78, 5) is 8.43. The van der Waals surface area contributed by atoms with E-state index in [0.717, 1.165) is 22.2 Å². The number of hydrogen-bond donors (Lipinski definition) is 0. The summed E-state index contributed by atoms with van der Waals surface area (Å²) in [6, 6.07) is 9.58. The van der Waals surface area contributed by atoms with Crippen molar-refractivity contribution >= 4 is 11.3 Å². The Hall–Kier alpha value is -1.94. The largest absolute Gasteiger partial charge is 0.452 e. The van der Waals surface area contributed by atoms with Gasteiger partial charge < -0.3 is 4.42 Å². The van der Waals surface area contributed by atoms with Crippen molar-refractivity contribution in [2.45, 2.75) is 0 Å². The van der Waals surface area contributed by atoms with Gasteiger partial charge in [0.25, 0.3) is 0 Å². The Morgan fingerprint density at radius 3 is 2.62 bits per heavy atom. The highest BCUT2D eigenvalue weighted by Gasteiger charge is 2.08. The van der Waals surface area contributed by atoms with Gasteiger partial charge in [0.1, 0.15) is 5.69 Å². The van der Waals surface area contributed by atoms with E-state index < -0.39 is 0 Å². The van der Waals surface area contributed by atoms with Crippen LogP contribution in [0.1, 0.15) is 0 Å². The highest BCUT2D eigenvalue weighted by molar-refractivity contribution is 7.13. The van der Waals surface area contributed by atoms with Crippen LogP contribution < -0.4 is 0 Å². The maximum absolute atomic E-state index is 5.70. The minimum Gasteiger partial charge on any atom is -0.452 e. The Balaban J connectivity index is 2.00. The van der Waals surface area contributed by atoms with Gasteiger partial charge in [-0.25, -0.2) is 4.98 Å². The van der Waals surface area contributed by atoms with Crippen LogP contribution in [0.3, 0.4) is 0 Å². The van der Waals surface area contributed by atoms with Gasteiger partial charge in [-0.3, -0.25) is 4.98 Å². The van der Waals surface area contributed by atoms with Crippen molar-refractivity contribution in [3.05, 3.63) is 48.1 Å². The molecule has 78 valence electrons. The Bertz CT molecular complexity index is 572. The van der Waals surface area contributed by atoms with Crippen LogP contribution in [0.5, 0.6) is 0 Å². The fourth-order valence-corrected chi connectivity index (χ4v) is 2.04. The van der Waals surface area contributed by atoms with Crippen molar-refractivity contribution in [3.8, 4) is 22.2 Å². The number of furan rings is 1. The van der Waals surface area contributed by atoms with Gasteiger partial charge in [-0.1, -0.05) is 6.07 Å². The molecule has 0 aromatic carbocycles. The van der Waals surface area contributed by atoms with E-state index in [4.69, 9.17) is 4.42 Å². The maximum Gasteiger partial charge on any atom is 0.163 e. The van der Waals surface area contributed by atoms with E-state index in [-0.39, 0.29) is 0 Å². The van der Waals surface area contributed by atoms with Crippen LogP contribution in [0, 0.1) is 0 Å². The van der Waals surface area contributed by atoms with E-state index in [9.17, 15) is 0 Å². The summed E-state index contributed by atoms with van der Waals surface area (Å²) in [6.45, 7) is 0. The van der Waals surface area contributed by atoms with Crippen LogP contribution in [0.2, 0.25) is 0 Å². The molecule has 0 amide bonds. The molecule has 0 atom stereocenters. The zero-order valence-electron chi connectivity index (χ0n) is 8.33. The molecule has 0 aliphatic carbocycles. The Labute approximate surface area is 96.4 Å². The van der Waals surface area contributed by atoms with Gasteiger partial charge in [0.05, 0.1) is 0 Å². The highest BCUT2D eigenvalue weighted by atomic mass is 32.1. The van der Waals surface area contributed by atoms with Crippen LogP contribution in [-0.2, 0) is 0 Å². The van der Waals surface area contributed by atoms with Crippen molar-refractivity contribution < 1.29 is 4.42 Å². The van der Waals surface area contributed by atoms with Crippen molar-refractivity contribution in [1.82, 2.24) is 9.97 Å². The van der Waals surface area contributed by atoms with Crippen LogP contribution in [0.15, 0.2) is 52.5 Å². The second-order valence-electron chi connectivity index (χ2n) is 3.22. The first kappa shape index (κ1) is 9.30. The minimum absolute atomic E-state index is 0.769. The van der Waals surface area contributed by atoms with E-state index in [1.165, 1.54) is 0 Å². The van der Waals surface area contributed by atoms with Crippen molar-refractivity contribution in [2.24, 2.45) is 0 Å². The zero-order valence-corrected chi connectivity index (χ0v) is 9.15. The van der Waals surface area contributed by atoms with Gasteiger partial charge in [-0.2, -0.15) is 0 Å². The standard InChI is InChI=1S/C12H8N2OS/c1-2-6-13-9(3-1)10-4-5-11(15-10)12-14-7-8-16-12/h1-8H. The number of thiazole rings is 1. The van der Waals surface area contributed by atoms with E-state index in [0.29, 0.717) is 0 Å². The van der Waals surface area contributed by atoms with Crippen molar-refractivity contribution in [3.63, 3.8) is 0 Å². The maximum atomic E-state index is 5.70. The summed E-state index contributed by atoms with van der Waals surface area (Å²) < 4.78 is 5.70. The minimum atomic E-state index is 0.769. The monoisotopic (exact) mass is 228 g/mol. The molecule has 0 bridgehead atoms. The van der Waals surface area contributed by atoms with Crippen LogP contribution >= 0.6 is 11.3 Å². The third kappa shape index (κ3) is 1.63. The molecule has 0 N–H and O–H groups in total. The summed E-state index contributed by atoms with van der Waals surface area (Å²) in [7, 11) is 0. The topological polar surface area (TPSA) is 38.9 Å². The van der Waals surface area contributed by atoms with Gasteiger partial charge in [0.15, 0.2) is 16.5 Å². The lowest BCUT2D eigenvalue weighted by molar-refractivity contribution is 0.594. The molecule has 0 unspecified atom stereocenters. The van der Waals surface area contributed by atoms with Gasteiger partial charge >= 0.3 is 0 Å². The smallest absolute Gasteiger partial charge is 0.163 e. The lowest BCUT2D eigenvalue weighted by Crippen LogP contribution is -1.77. The van der Waals surface area contributed by atoms with Crippen LogP contribution in [0.25, 0.3) is 22.2 Å². The van der Waals surface area contributed by atoms with Crippen molar-refractivity contribution in [1.29, 1.82) is 0 Å². The average Bonchev–Trinajstić information content (AvgIpc) is 3.01. The summed E-state index contributed by atoms with van der Waals surface area (Å²) in [5.74, 6) is 1.56. The molecule has 0 aliphatic heterocycles. The van der Waals surface area contributed by atoms with Gasteiger partial charge in [0.2, 0.25) is 0 Å². The molecule has 0 radical (unpaired) electrons. The van der Waals surface area contributed by atoms with E-state index in [2.05, 4.69) is 9.97 Å². The highest BCUT2D eigenvalue weighted by Crippen LogP contribution is 2.28. The van der Waals surface area contributed by atoms with E-state index >= 15 is 0 Å². The molecular weight excluding hydrogens is 220 g/mol. The van der Waals surface area contributed by atoms with Gasteiger partial charge in [-0.05, 0) is 24.3 Å². The predicted octanol–water partition coefficient (Wildman–Crippen LogP) is 3.47. The molecule has 0 aliphatic rings. The van der Waals surface area contributed by atoms with Gasteiger partial charge in [0, 0.05) is 17.8 Å². The molecule has 0 saturated heterocycles. The first-order chi connectivity index (χ1) is 7.93. The average molecular weight is 228 g/mol.